The van der Waals surface area contributed by atoms with E-state index in [0.717, 1.165) is 17.4 Å². The molecule has 0 atom stereocenters. The number of alkyl halides is 3. The molecule has 2 aromatic carbocycles. The van der Waals surface area contributed by atoms with E-state index < -0.39 is 39.2 Å². The highest BCUT2D eigenvalue weighted by Crippen LogP contribution is 2.36. The predicted molar refractivity (Wildman–Crippen MR) is 96.4 cm³/mol. The maximum Gasteiger partial charge on any atom is 0.417 e. The third-order valence-electron chi connectivity index (χ3n) is 3.45. The first kappa shape index (κ1) is 21.5. The molecule has 0 aliphatic rings. The van der Waals surface area contributed by atoms with Gasteiger partial charge in [0.05, 0.1) is 22.2 Å². The van der Waals surface area contributed by atoms with Crippen molar-refractivity contribution in [2.45, 2.75) is 11.1 Å². The molecule has 1 amide bonds. The third kappa shape index (κ3) is 5.13. The van der Waals surface area contributed by atoms with Crippen LogP contribution in [0.25, 0.3) is 0 Å². The fourth-order valence-electron chi connectivity index (χ4n) is 2.13. The van der Waals surface area contributed by atoms with Crippen LogP contribution in [-0.2, 0) is 21.0 Å². The molecule has 0 saturated carbocycles. The number of likely N-dealkylation sites (N-methyl/N-ethyl adjacent to an activating group) is 1. The molecular weight excluding hydrogens is 428 g/mol. The van der Waals surface area contributed by atoms with Crippen molar-refractivity contribution in [3.05, 3.63) is 58.1 Å². The lowest BCUT2D eigenvalue weighted by Crippen LogP contribution is -2.35. The Morgan fingerprint density at radius 3 is 2.33 bits per heavy atom. The average molecular weight is 441 g/mol. The highest BCUT2D eigenvalue weighted by Gasteiger charge is 2.33. The van der Waals surface area contributed by atoms with Gasteiger partial charge in [-0.05, 0) is 30.3 Å². The summed E-state index contributed by atoms with van der Waals surface area (Å²) in [4.78, 5) is 11.9. The molecule has 0 heterocycles. The number of nitrogens with zero attached hydrogens (tertiary/aromatic N) is 1. The van der Waals surface area contributed by atoms with Gasteiger partial charge in [0.2, 0.25) is 15.9 Å². The van der Waals surface area contributed by atoms with Gasteiger partial charge in [0.15, 0.2) is 0 Å². The zero-order chi connectivity index (χ0) is 20.4. The molecule has 0 aliphatic carbocycles. The SMILES string of the molecule is CN(CC(=O)Nc1ccc(Cl)c(C(F)(F)F)c1)S(=O)(=O)c1ccccc1Cl. The fraction of sp³-hybridized carbons (Fsp3) is 0.188. The van der Waals surface area contributed by atoms with Gasteiger partial charge in [-0.1, -0.05) is 35.3 Å². The number of hydrogen-bond donors (Lipinski definition) is 1. The smallest absolute Gasteiger partial charge is 0.325 e. The topological polar surface area (TPSA) is 66.5 Å². The van der Waals surface area contributed by atoms with E-state index in [1.165, 1.54) is 24.3 Å². The van der Waals surface area contributed by atoms with Gasteiger partial charge in [-0.25, -0.2) is 8.42 Å². The standard InChI is InChI=1S/C16H13Cl2F3N2O3S/c1-23(27(25,26)14-5-3-2-4-13(14)18)9-15(24)22-10-6-7-12(17)11(8-10)16(19,20)21/h2-8H,9H2,1H3,(H,22,24). The van der Waals surface area contributed by atoms with Gasteiger partial charge in [0.1, 0.15) is 4.90 Å². The Hall–Kier alpha value is -1.81. The van der Waals surface area contributed by atoms with Crippen LogP contribution in [0.4, 0.5) is 18.9 Å². The van der Waals surface area contributed by atoms with Crippen molar-refractivity contribution in [1.82, 2.24) is 4.31 Å². The molecule has 0 unspecified atom stereocenters. The van der Waals surface area contributed by atoms with E-state index in [1.807, 2.05) is 0 Å². The molecule has 11 heteroatoms. The lowest BCUT2D eigenvalue weighted by molar-refractivity contribution is -0.137. The maximum absolute atomic E-state index is 12.9. The molecule has 0 aromatic heterocycles. The number of amides is 1. The largest absolute Gasteiger partial charge is 0.417 e. The molecule has 0 aliphatic heterocycles. The van der Waals surface area contributed by atoms with E-state index in [1.54, 1.807) is 6.07 Å². The number of carbonyl (C=O) groups is 1. The number of benzene rings is 2. The normalized spacial score (nSPS) is 12.3. The van der Waals surface area contributed by atoms with Crippen LogP contribution in [0.3, 0.4) is 0 Å². The Kier molecular flexibility index (Phi) is 6.41. The minimum atomic E-state index is -4.69. The molecule has 146 valence electrons. The van der Waals surface area contributed by atoms with Crippen molar-refractivity contribution in [2.75, 3.05) is 18.9 Å². The highest BCUT2D eigenvalue weighted by atomic mass is 35.5. The van der Waals surface area contributed by atoms with Gasteiger partial charge < -0.3 is 5.32 Å². The summed E-state index contributed by atoms with van der Waals surface area (Å²) in [5, 5.41) is 1.68. The van der Waals surface area contributed by atoms with Gasteiger partial charge in [-0.15, -0.1) is 0 Å². The summed E-state index contributed by atoms with van der Waals surface area (Å²) in [6, 6.07) is 8.52. The van der Waals surface area contributed by atoms with Gasteiger partial charge in [0.25, 0.3) is 0 Å². The van der Waals surface area contributed by atoms with Crippen molar-refractivity contribution in [2.24, 2.45) is 0 Å². The quantitative estimate of drug-likeness (QED) is 0.754. The first-order valence-electron chi connectivity index (χ1n) is 7.30. The van der Waals surface area contributed by atoms with Crippen molar-refractivity contribution < 1.29 is 26.4 Å². The Morgan fingerprint density at radius 1 is 1.11 bits per heavy atom. The molecule has 0 saturated heterocycles. The Labute approximate surface area is 163 Å². The van der Waals surface area contributed by atoms with Gasteiger partial charge in [-0.2, -0.15) is 17.5 Å². The number of halogens is 5. The third-order valence-corrected chi connectivity index (χ3v) is 6.08. The highest BCUT2D eigenvalue weighted by molar-refractivity contribution is 7.89. The van der Waals surface area contributed by atoms with Crippen molar-refractivity contribution in [3.63, 3.8) is 0 Å². The summed E-state index contributed by atoms with van der Waals surface area (Å²) < 4.78 is 64.3. The molecular formula is C16H13Cl2F3N2O3S. The number of hydrogen-bond acceptors (Lipinski definition) is 3. The molecule has 2 rings (SSSR count). The summed E-state index contributed by atoms with van der Waals surface area (Å²) in [6.07, 6.45) is -4.69. The minimum Gasteiger partial charge on any atom is -0.325 e. The monoisotopic (exact) mass is 440 g/mol. The molecule has 0 bridgehead atoms. The summed E-state index contributed by atoms with van der Waals surface area (Å²) in [5.41, 5.74) is -1.28. The number of sulfonamides is 1. The van der Waals surface area contributed by atoms with E-state index in [4.69, 9.17) is 23.2 Å². The molecule has 5 nitrogen and oxygen atoms in total. The summed E-state index contributed by atoms with van der Waals surface area (Å²) >= 11 is 11.4. The number of rotatable bonds is 5. The molecule has 27 heavy (non-hydrogen) atoms. The lowest BCUT2D eigenvalue weighted by atomic mass is 10.2. The number of carbonyl (C=O) groups excluding carboxylic acids is 1. The van der Waals surface area contributed by atoms with E-state index in [9.17, 15) is 26.4 Å². The maximum atomic E-state index is 12.9. The molecule has 2 aromatic rings. The Morgan fingerprint density at radius 2 is 1.74 bits per heavy atom. The van der Waals surface area contributed by atoms with Crippen molar-refractivity contribution in [1.29, 1.82) is 0 Å². The van der Waals surface area contributed by atoms with Crippen molar-refractivity contribution in [3.8, 4) is 0 Å². The first-order chi connectivity index (χ1) is 12.4. The molecule has 0 radical (unpaired) electrons. The average Bonchev–Trinajstić information content (AvgIpc) is 2.55. The molecule has 0 fully saturated rings. The first-order valence-corrected chi connectivity index (χ1v) is 9.50. The van der Waals surface area contributed by atoms with Crippen LogP contribution in [-0.4, -0.2) is 32.2 Å². The van der Waals surface area contributed by atoms with Gasteiger partial charge in [-0.3, -0.25) is 4.79 Å². The van der Waals surface area contributed by atoms with Crippen LogP contribution in [0.2, 0.25) is 10.0 Å². The Bertz CT molecular complexity index is 966. The Balaban J connectivity index is 2.15. The predicted octanol–water partition coefficient (Wildman–Crippen LogP) is 4.27. The summed E-state index contributed by atoms with van der Waals surface area (Å²) in [5.74, 6) is -0.830. The minimum absolute atomic E-state index is 0.0164. The van der Waals surface area contributed by atoms with Crippen LogP contribution in [0.15, 0.2) is 47.4 Å². The molecule has 1 N–H and O–H groups in total. The molecule has 0 spiro atoms. The summed E-state index contributed by atoms with van der Waals surface area (Å²) in [6.45, 7) is -0.627. The van der Waals surface area contributed by atoms with Crippen LogP contribution < -0.4 is 5.32 Å². The number of anilines is 1. The fourth-order valence-corrected chi connectivity index (χ4v) is 3.97. The summed E-state index contributed by atoms with van der Waals surface area (Å²) in [7, 11) is -2.90. The van der Waals surface area contributed by atoms with Crippen LogP contribution in [0, 0.1) is 0 Å². The zero-order valence-corrected chi connectivity index (χ0v) is 16.0. The zero-order valence-electron chi connectivity index (χ0n) is 13.7. The van der Waals surface area contributed by atoms with Gasteiger partial charge in [0, 0.05) is 12.7 Å². The van der Waals surface area contributed by atoms with Crippen molar-refractivity contribution >= 4 is 44.8 Å². The van der Waals surface area contributed by atoms with E-state index >= 15 is 0 Å². The van der Waals surface area contributed by atoms with E-state index in [0.29, 0.717) is 6.07 Å². The van der Waals surface area contributed by atoms with Crippen LogP contribution >= 0.6 is 23.2 Å². The second-order valence-corrected chi connectivity index (χ2v) is 8.26. The van der Waals surface area contributed by atoms with Crippen LogP contribution in [0.1, 0.15) is 5.56 Å². The van der Waals surface area contributed by atoms with Crippen LogP contribution in [0.5, 0.6) is 0 Å². The van der Waals surface area contributed by atoms with E-state index in [2.05, 4.69) is 5.32 Å². The second kappa shape index (κ2) is 8.05. The number of nitrogens with one attached hydrogen (secondary N) is 1. The second-order valence-electron chi connectivity index (χ2n) is 5.43. The van der Waals surface area contributed by atoms with E-state index in [-0.39, 0.29) is 15.6 Å². The van der Waals surface area contributed by atoms with Gasteiger partial charge >= 0.3 is 6.18 Å². The lowest BCUT2D eigenvalue weighted by Gasteiger charge is -2.18.